The zero-order valence-corrected chi connectivity index (χ0v) is 9.80. The number of carbonyl (C=O) groups is 2. The Morgan fingerprint density at radius 2 is 2.00 bits per heavy atom. The maximum atomic E-state index is 11.1. The van der Waals surface area contributed by atoms with Gasteiger partial charge >= 0.3 is 11.9 Å². The van der Waals surface area contributed by atoms with Crippen molar-refractivity contribution in [1.29, 1.82) is 0 Å². The van der Waals surface area contributed by atoms with E-state index in [4.69, 9.17) is 0 Å². The lowest BCUT2D eigenvalue weighted by Gasteiger charge is -2.01. The van der Waals surface area contributed by atoms with E-state index in [9.17, 15) is 9.59 Å². The van der Waals surface area contributed by atoms with Gasteiger partial charge in [-0.3, -0.25) is 4.79 Å². The summed E-state index contributed by atoms with van der Waals surface area (Å²) >= 11 is 0. The Labute approximate surface area is 99.8 Å². The molecular formula is C13H14O4. The SMILES string of the molecule is COC(=O)/C=C/c1cccc(CC(=O)OC)c1. The van der Waals surface area contributed by atoms with Crippen LogP contribution in [-0.4, -0.2) is 26.2 Å². The molecule has 0 aliphatic heterocycles. The molecule has 0 N–H and O–H groups in total. The highest BCUT2D eigenvalue weighted by Gasteiger charge is 2.02. The van der Waals surface area contributed by atoms with E-state index in [0.717, 1.165) is 11.1 Å². The molecule has 1 aromatic carbocycles. The van der Waals surface area contributed by atoms with Crippen molar-refractivity contribution in [1.82, 2.24) is 0 Å². The smallest absolute Gasteiger partial charge is 0.330 e. The molecule has 0 bridgehead atoms. The summed E-state index contributed by atoms with van der Waals surface area (Å²) in [7, 11) is 2.67. The zero-order chi connectivity index (χ0) is 12.7. The number of carbonyl (C=O) groups excluding carboxylic acids is 2. The molecule has 0 fully saturated rings. The summed E-state index contributed by atoms with van der Waals surface area (Å²) in [6.45, 7) is 0. The predicted molar refractivity (Wildman–Crippen MR) is 63.2 cm³/mol. The second-order valence-corrected chi connectivity index (χ2v) is 3.35. The van der Waals surface area contributed by atoms with Gasteiger partial charge in [-0.2, -0.15) is 0 Å². The number of methoxy groups -OCH3 is 2. The van der Waals surface area contributed by atoms with Gasteiger partial charge in [-0.15, -0.1) is 0 Å². The molecule has 1 rings (SSSR count). The topological polar surface area (TPSA) is 52.6 Å². The van der Waals surface area contributed by atoms with Crippen LogP contribution in [0, 0.1) is 0 Å². The van der Waals surface area contributed by atoms with E-state index >= 15 is 0 Å². The van der Waals surface area contributed by atoms with Gasteiger partial charge in [0.05, 0.1) is 20.6 Å². The lowest BCUT2D eigenvalue weighted by molar-refractivity contribution is -0.139. The highest BCUT2D eigenvalue weighted by Crippen LogP contribution is 2.08. The van der Waals surface area contributed by atoms with Crippen molar-refractivity contribution in [2.24, 2.45) is 0 Å². The molecule has 90 valence electrons. The summed E-state index contributed by atoms with van der Waals surface area (Å²) in [5.74, 6) is -0.706. The van der Waals surface area contributed by atoms with Gasteiger partial charge in [0.25, 0.3) is 0 Å². The second-order valence-electron chi connectivity index (χ2n) is 3.35. The second kappa shape index (κ2) is 6.48. The molecule has 0 heterocycles. The summed E-state index contributed by atoms with van der Waals surface area (Å²) < 4.78 is 9.06. The van der Waals surface area contributed by atoms with Gasteiger partial charge in [0.15, 0.2) is 0 Å². The first-order chi connectivity index (χ1) is 8.15. The summed E-state index contributed by atoms with van der Waals surface area (Å²) in [6.07, 6.45) is 3.18. The number of rotatable bonds is 4. The summed E-state index contributed by atoms with van der Waals surface area (Å²) in [4.78, 5) is 22.0. The molecule has 0 saturated carbocycles. The monoisotopic (exact) mass is 234 g/mol. The maximum absolute atomic E-state index is 11.1. The van der Waals surface area contributed by atoms with Gasteiger partial charge in [0.1, 0.15) is 0 Å². The van der Waals surface area contributed by atoms with E-state index in [-0.39, 0.29) is 12.4 Å². The van der Waals surface area contributed by atoms with Gasteiger partial charge in [-0.05, 0) is 17.2 Å². The van der Waals surface area contributed by atoms with Gasteiger partial charge in [0, 0.05) is 6.08 Å². The molecule has 0 amide bonds. The summed E-state index contributed by atoms with van der Waals surface area (Å²) in [5, 5.41) is 0. The Morgan fingerprint density at radius 1 is 1.24 bits per heavy atom. The van der Waals surface area contributed by atoms with Crippen LogP contribution in [0.2, 0.25) is 0 Å². The fourth-order valence-electron chi connectivity index (χ4n) is 1.28. The van der Waals surface area contributed by atoms with Crippen LogP contribution in [0.25, 0.3) is 6.08 Å². The first-order valence-corrected chi connectivity index (χ1v) is 5.07. The van der Waals surface area contributed by atoms with E-state index in [2.05, 4.69) is 9.47 Å². The fourth-order valence-corrected chi connectivity index (χ4v) is 1.28. The maximum Gasteiger partial charge on any atom is 0.330 e. The third-order valence-corrected chi connectivity index (χ3v) is 2.14. The quantitative estimate of drug-likeness (QED) is 0.586. The number of ether oxygens (including phenoxy) is 2. The number of esters is 2. The Balaban J connectivity index is 2.75. The first-order valence-electron chi connectivity index (χ1n) is 5.07. The minimum atomic E-state index is -0.414. The van der Waals surface area contributed by atoms with Crippen molar-refractivity contribution in [2.75, 3.05) is 14.2 Å². The molecule has 1 aromatic rings. The van der Waals surface area contributed by atoms with E-state index in [0.29, 0.717) is 0 Å². The summed E-state index contributed by atoms with van der Waals surface area (Å²) in [5.41, 5.74) is 1.67. The van der Waals surface area contributed by atoms with Crippen molar-refractivity contribution in [3.8, 4) is 0 Å². The van der Waals surface area contributed by atoms with Crippen molar-refractivity contribution in [3.63, 3.8) is 0 Å². The molecule has 0 atom stereocenters. The predicted octanol–water partition coefficient (Wildman–Crippen LogP) is 1.59. The van der Waals surface area contributed by atoms with Gasteiger partial charge in [-0.25, -0.2) is 4.79 Å². The standard InChI is InChI=1S/C13H14O4/c1-16-12(14)7-6-10-4-3-5-11(8-10)9-13(15)17-2/h3-8H,9H2,1-2H3/b7-6+. The fraction of sp³-hybridized carbons (Fsp3) is 0.231. The molecule has 4 nitrogen and oxygen atoms in total. The Kier molecular flexibility index (Phi) is 4.94. The Bertz CT molecular complexity index is 435. The largest absolute Gasteiger partial charge is 0.469 e. The molecule has 0 aliphatic carbocycles. The average Bonchev–Trinajstić information content (AvgIpc) is 2.36. The van der Waals surface area contributed by atoms with Gasteiger partial charge in [-0.1, -0.05) is 24.3 Å². The lowest BCUT2D eigenvalue weighted by Crippen LogP contribution is -2.04. The molecule has 0 radical (unpaired) electrons. The highest BCUT2D eigenvalue weighted by molar-refractivity contribution is 5.87. The molecule has 0 saturated heterocycles. The molecule has 0 aromatic heterocycles. The van der Waals surface area contributed by atoms with Crippen LogP contribution in [-0.2, 0) is 25.5 Å². The molecule has 0 unspecified atom stereocenters. The lowest BCUT2D eigenvalue weighted by atomic mass is 10.1. The minimum absolute atomic E-state index is 0.219. The van der Waals surface area contributed by atoms with Gasteiger partial charge < -0.3 is 9.47 Å². The van der Waals surface area contributed by atoms with Crippen LogP contribution in [0.3, 0.4) is 0 Å². The third kappa shape index (κ3) is 4.51. The molecule has 0 aliphatic rings. The number of hydrogen-bond acceptors (Lipinski definition) is 4. The van der Waals surface area contributed by atoms with Crippen molar-refractivity contribution >= 4 is 18.0 Å². The minimum Gasteiger partial charge on any atom is -0.469 e. The molecule has 17 heavy (non-hydrogen) atoms. The zero-order valence-electron chi connectivity index (χ0n) is 9.80. The van der Waals surface area contributed by atoms with Crippen molar-refractivity contribution in [3.05, 3.63) is 41.5 Å². The third-order valence-electron chi connectivity index (χ3n) is 2.14. The normalized spacial score (nSPS) is 10.2. The molecule has 0 spiro atoms. The van der Waals surface area contributed by atoms with E-state index in [1.807, 2.05) is 24.3 Å². The van der Waals surface area contributed by atoms with Crippen LogP contribution in [0.1, 0.15) is 11.1 Å². The summed E-state index contributed by atoms with van der Waals surface area (Å²) in [6, 6.07) is 7.29. The van der Waals surface area contributed by atoms with E-state index in [1.54, 1.807) is 6.08 Å². The number of benzene rings is 1. The van der Waals surface area contributed by atoms with Crippen molar-refractivity contribution < 1.29 is 19.1 Å². The Hall–Kier alpha value is -2.10. The van der Waals surface area contributed by atoms with E-state index < -0.39 is 5.97 Å². The average molecular weight is 234 g/mol. The molecular weight excluding hydrogens is 220 g/mol. The van der Waals surface area contributed by atoms with Crippen LogP contribution >= 0.6 is 0 Å². The van der Waals surface area contributed by atoms with Crippen molar-refractivity contribution in [2.45, 2.75) is 6.42 Å². The highest BCUT2D eigenvalue weighted by atomic mass is 16.5. The van der Waals surface area contributed by atoms with Crippen LogP contribution in [0.15, 0.2) is 30.3 Å². The Morgan fingerprint density at radius 3 is 2.65 bits per heavy atom. The number of hydrogen-bond donors (Lipinski definition) is 0. The molecule has 4 heteroatoms. The van der Waals surface area contributed by atoms with Gasteiger partial charge in [0.2, 0.25) is 0 Å². The van der Waals surface area contributed by atoms with Crippen LogP contribution < -0.4 is 0 Å². The van der Waals surface area contributed by atoms with E-state index in [1.165, 1.54) is 20.3 Å². The first kappa shape index (κ1) is 13.0. The van der Waals surface area contributed by atoms with Crippen LogP contribution in [0.5, 0.6) is 0 Å². The van der Waals surface area contributed by atoms with Crippen LogP contribution in [0.4, 0.5) is 0 Å².